The SMILES string of the molecule is C[C@@H](OC(=O)/C=C/c1cccs1)C(=O)Nc1ccc2[nH]c(=O)[nH]c2c1. The van der Waals surface area contributed by atoms with Crippen LogP contribution in [0.15, 0.2) is 46.6 Å². The Hall–Kier alpha value is -3.13. The maximum absolute atomic E-state index is 12.1. The number of nitrogens with one attached hydrogen (secondary N) is 3. The number of imidazole rings is 1. The molecule has 0 radical (unpaired) electrons. The molecule has 128 valence electrons. The third-order valence-electron chi connectivity index (χ3n) is 3.37. The average molecular weight is 357 g/mol. The van der Waals surface area contributed by atoms with Gasteiger partial charge in [0.25, 0.3) is 5.91 Å². The summed E-state index contributed by atoms with van der Waals surface area (Å²) in [4.78, 5) is 41.3. The van der Waals surface area contributed by atoms with Crippen molar-refractivity contribution in [2.45, 2.75) is 13.0 Å². The minimum Gasteiger partial charge on any atom is -0.449 e. The van der Waals surface area contributed by atoms with Crippen LogP contribution in [-0.2, 0) is 14.3 Å². The minimum absolute atomic E-state index is 0.321. The van der Waals surface area contributed by atoms with Crippen LogP contribution >= 0.6 is 11.3 Å². The minimum atomic E-state index is -0.957. The first kappa shape index (κ1) is 16.7. The van der Waals surface area contributed by atoms with Crippen LogP contribution in [0.25, 0.3) is 17.1 Å². The molecule has 2 heterocycles. The number of ether oxygens (including phenoxy) is 1. The summed E-state index contributed by atoms with van der Waals surface area (Å²) in [6, 6.07) is 8.68. The van der Waals surface area contributed by atoms with E-state index in [2.05, 4.69) is 15.3 Å². The number of hydrogen-bond acceptors (Lipinski definition) is 5. The Morgan fingerprint density at radius 1 is 1.24 bits per heavy atom. The van der Waals surface area contributed by atoms with Gasteiger partial charge in [-0.05, 0) is 42.6 Å². The number of thiophene rings is 1. The Morgan fingerprint density at radius 2 is 2.04 bits per heavy atom. The second kappa shape index (κ2) is 7.18. The van der Waals surface area contributed by atoms with E-state index in [1.165, 1.54) is 24.3 Å². The molecule has 0 bridgehead atoms. The molecule has 0 fully saturated rings. The van der Waals surface area contributed by atoms with Crippen LogP contribution in [0, 0.1) is 0 Å². The quantitative estimate of drug-likeness (QED) is 0.482. The first-order valence-corrected chi connectivity index (χ1v) is 8.34. The monoisotopic (exact) mass is 357 g/mol. The summed E-state index contributed by atoms with van der Waals surface area (Å²) < 4.78 is 5.08. The zero-order valence-electron chi connectivity index (χ0n) is 13.2. The molecule has 3 N–H and O–H groups in total. The van der Waals surface area contributed by atoms with E-state index in [-0.39, 0.29) is 5.69 Å². The van der Waals surface area contributed by atoms with Crippen molar-refractivity contribution in [3.05, 3.63) is 57.1 Å². The highest BCUT2D eigenvalue weighted by atomic mass is 32.1. The Bertz CT molecular complexity index is 985. The van der Waals surface area contributed by atoms with Crippen LogP contribution in [0.3, 0.4) is 0 Å². The molecule has 3 aromatic rings. The van der Waals surface area contributed by atoms with Gasteiger partial charge in [-0.2, -0.15) is 0 Å². The molecular formula is C17H15N3O4S. The molecule has 1 aromatic carbocycles. The summed E-state index contributed by atoms with van der Waals surface area (Å²) in [6.45, 7) is 1.49. The lowest BCUT2D eigenvalue weighted by atomic mass is 10.2. The van der Waals surface area contributed by atoms with Crippen molar-refractivity contribution in [3.8, 4) is 0 Å². The molecule has 25 heavy (non-hydrogen) atoms. The van der Waals surface area contributed by atoms with E-state index in [9.17, 15) is 14.4 Å². The molecule has 0 aliphatic rings. The topological polar surface area (TPSA) is 104 Å². The Balaban J connectivity index is 1.59. The van der Waals surface area contributed by atoms with Crippen molar-refractivity contribution in [2.75, 3.05) is 5.32 Å². The molecule has 0 saturated heterocycles. The van der Waals surface area contributed by atoms with Crippen molar-refractivity contribution < 1.29 is 14.3 Å². The number of aromatic nitrogens is 2. The maximum atomic E-state index is 12.1. The number of H-pyrrole nitrogens is 2. The van der Waals surface area contributed by atoms with Crippen molar-refractivity contribution in [3.63, 3.8) is 0 Å². The highest BCUT2D eigenvalue weighted by molar-refractivity contribution is 7.10. The first-order valence-electron chi connectivity index (χ1n) is 7.46. The summed E-state index contributed by atoms with van der Waals surface area (Å²) in [5.41, 5.74) is 1.38. The number of carbonyl (C=O) groups is 2. The second-order valence-electron chi connectivity index (χ2n) is 5.26. The molecule has 7 nitrogen and oxygen atoms in total. The van der Waals surface area contributed by atoms with Crippen molar-refractivity contribution in [2.24, 2.45) is 0 Å². The summed E-state index contributed by atoms with van der Waals surface area (Å²) in [5, 5.41) is 4.54. The van der Waals surface area contributed by atoms with Gasteiger partial charge in [-0.25, -0.2) is 9.59 Å². The van der Waals surface area contributed by atoms with E-state index in [0.29, 0.717) is 16.7 Å². The van der Waals surface area contributed by atoms with Crippen molar-refractivity contribution in [1.29, 1.82) is 0 Å². The fourth-order valence-electron chi connectivity index (χ4n) is 2.16. The molecule has 1 amide bonds. The number of rotatable bonds is 5. The standard InChI is InChI=1S/C17H15N3O4S/c1-10(24-15(21)7-5-12-3-2-8-25-12)16(22)18-11-4-6-13-14(9-11)20-17(23)19-13/h2-10H,1H3,(H,18,22)(H2,19,20,23)/b7-5+/t10-/m1/s1. The third kappa shape index (κ3) is 4.24. The van der Waals surface area contributed by atoms with Gasteiger partial charge in [0.1, 0.15) is 0 Å². The molecule has 0 spiro atoms. The summed E-state index contributed by atoms with van der Waals surface area (Å²) >= 11 is 1.49. The smallest absolute Gasteiger partial charge is 0.331 e. The van der Waals surface area contributed by atoms with Crippen molar-refractivity contribution >= 4 is 46.0 Å². The highest BCUT2D eigenvalue weighted by Crippen LogP contribution is 2.15. The lowest BCUT2D eigenvalue weighted by Crippen LogP contribution is -2.29. The van der Waals surface area contributed by atoms with E-state index in [1.54, 1.807) is 24.3 Å². The maximum Gasteiger partial charge on any atom is 0.331 e. The van der Waals surface area contributed by atoms with Crippen LogP contribution in [-0.4, -0.2) is 27.9 Å². The number of esters is 1. The van der Waals surface area contributed by atoms with Gasteiger partial charge in [-0.1, -0.05) is 6.07 Å². The highest BCUT2D eigenvalue weighted by Gasteiger charge is 2.17. The lowest BCUT2D eigenvalue weighted by molar-refractivity contribution is -0.148. The summed E-state index contributed by atoms with van der Waals surface area (Å²) in [7, 11) is 0. The van der Waals surface area contributed by atoms with E-state index in [1.807, 2.05) is 17.5 Å². The van der Waals surface area contributed by atoms with Crippen LogP contribution in [0.5, 0.6) is 0 Å². The van der Waals surface area contributed by atoms with Crippen LogP contribution < -0.4 is 11.0 Å². The van der Waals surface area contributed by atoms with E-state index in [0.717, 1.165) is 4.88 Å². The molecule has 2 aromatic heterocycles. The molecule has 0 saturated carbocycles. The zero-order chi connectivity index (χ0) is 17.8. The number of benzene rings is 1. The number of carbonyl (C=O) groups excluding carboxylic acids is 2. The number of anilines is 1. The molecule has 3 rings (SSSR count). The third-order valence-corrected chi connectivity index (χ3v) is 4.21. The Labute approximate surface area is 146 Å². The number of hydrogen-bond donors (Lipinski definition) is 3. The van der Waals surface area contributed by atoms with Gasteiger partial charge < -0.3 is 20.0 Å². The van der Waals surface area contributed by atoms with Gasteiger partial charge in [0, 0.05) is 16.6 Å². The zero-order valence-corrected chi connectivity index (χ0v) is 14.1. The second-order valence-corrected chi connectivity index (χ2v) is 6.24. The van der Waals surface area contributed by atoms with E-state index < -0.39 is 18.0 Å². The Morgan fingerprint density at radius 3 is 2.80 bits per heavy atom. The number of fused-ring (bicyclic) bond motifs is 1. The molecule has 8 heteroatoms. The normalized spacial score (nSPS) is 12.4. The van der Waals surface area contributed by atoms with E-state index in [4.69, 9.17) is 4.74 Å². The molecular weight excluding hydrogens is 342 g/mol. The van der Waals surface area contributed by atoms with E-state index >= 15 is 0 Å². The van der Waals surface area contributed by atoms with Gasteiger partial charge in [-0.15, -0.1) is 11.3 Å². The fraction of sp³-hybridized carbons (Fsp3) is 0.118. The van der Waals surface area contributed by atoms with Gasteiger partial charge in [0.15, 0.2) is 6.10 Å². The van der Waals surface area contributed by atoms with Gasteiger partial charge in [-0.3, -0.25) is 4.79 Å². The van der Waals surface area contributed by atoms with Crippen molar-refractivity contribution in [1.82, 2.24) is 9.97 Å². The predicted molar refractivity (Wildman–Crippen MR) is 96.5 cm³/mol. The van der Waals surface area contributed by atoms with Crippen LogP contribution in [0.2, 0.25) is 0 Å². The molecule has 1 atom stereocenters. The predicted octanol–water partition coefficient (Wildman–Crippen LogP) is 2.50. The fourth-order valence-corrected chi connectivity index (χ4v) is 2.78. The molecule has 0 aliphatic carbocycles. The number of aromatic amines is 2. The summed E-state index contributed by atoms with van der Waals surface area (Å²) in [6.07, 6.45) is 1.96. The van der Waals surface area contributed by atoms with Gasteiger partial charge >= 0.3 is 11.7 Å². The van der Waals surface area contributed by atoms with Crippen LogP contribution in [0.4, 0.5) is 5.69 Å². The molecule has 0 aliphatic heterocycles. The summed E-state index contributed by atoms with van der Waals surface area (Å²) in [5.74, 6) is -1.06. The lowest BCUT2D eigenvalue weighted by Gasteiger charge is -2.12. The van der Waals surface area contributed by atoms with Crippen LogP contribution in [0.1, 0.15) is 11.8 Å². The first-order chi connectivity index (χ1) is 12.0. The molecule has 0 unspecified atom stereocenters. The van der Waals surface area contributed by atoms with Gasteiger partial charge in [0.05, 0.1) is 11.0 Å². The average Bonchev–Trinajstić information content (AvgIpc) is 3.20. The van der Waals surface area contributed by atoms with Gasteiger partial charge in [0.2, 0.25) is 0 Å². The Kier molecular flexibility index (Phi) is 4.80. The largest absolute Gasteiger partial charge is 0.449 e. The number of amides is 1.